The van der Waals surface area contributed by atoms with Gasteiger partial charge in [-0.15, -0.1) is 0 Å². The number of piperidine rings is 1. The van der Waals surface area contributed by atoms with E-state index in [1.807, 2.05) is 6.92 Å². The van der Waals surface area contributed by atoms with Crippen LogP contribution in [0.3, 0.4) is 0 Å². The zero-order valence-corrected chi connectivity index (χ0v) is 6.48. The normalized spacial score (nSPS) is 33.8. The summed E-state index contributed by atoms with van der Waals surface area (Å²) in [5.41, 5.74) is 0.248. The Balaban J connectivity index is 2.56. The lowest BCUT2D eigenvalue weighted by molar-refractivity contribution is 0.0527. The zero-order chi connectivity index (χ0) is 7.61. The highest BCUT2D eigenvalue weighted by atomic mass is 16.3. The second kappa shape index (κ2) is 2.72. The van der Waals surface area contributed by atoms with E-state index in [9.17, 15) is 5.11 Å². The summed E-state index contributed by atoms with van der Waals surface area (Å²) in [6.07, 6.45) is 1.90. The third kappa shape index (κ3) is 1.39. The van der Waals surface area contributed by atoms with Gasteiger partial charge in [-0.25, -0.2) is 0 Å². The van der Waals surface area contributed by atoms with Gasteiger partial charge in [0.25, 0.3) is 0 Å². The second-order valence-corrected chi connectivity index (χ2v) is 3.09. The Bertz CT molecular complexity index is 136. The van der Waals surface area contributed by atoms with Crippen LogP contribution < -0.4 is 5.32 Å². The van der Waals surface area contributed by atoms with E-state index >= 15 is 0 Å². The van der Waals surface area contributed by atoms with E-state index in [0.717, 1.165) is 25.0 Å². The van der Waals surface area contributed by atoms with Gasteiger partial charge in [0.15, 0.2) is 0 Å². The summed E-state index contributed by atoms with van der Waals surface area (Å²) in [6.45, 7) is 7.33. The van der Waals surface area contributed by atoms with E-state index in [2.05, 4.69) is 11.9 Å². The lowest BCUT2D eigenvalue weighted by Gasteiger charge is -2.32. The molecule has 2 N–H and O–H groups in total. The molecule has 1 atom stereocenters. The van der Waals surface area contributed by atoms with Crippen LogP contribution in [0.15, 0.2) is 12.2 Å². The molecule has 0 aromatic rings. The quantitative estimate of drug-likeness (QED) is 0.526. The van der Waals surface area contributed by atoms with Crippen LogP contribution in [0.1, 0.15) is 19.8 Å². The first kappa shape index (κ1) is 7.76. The van der Waals surface area contributed by atoms with Gasteiger partial charge in [-0.3, -0.25) is 0 Å². The maximum atomic E-state index is 9.79. The summed E-state index contributed by atoms with van der Waals surface area (Å²) in [7, 11) is 0. The van der Waals surface area contributed by atoms with E-state index in [0.29, 0.717) is 6.54 Å². The van der Waals surface area contributed by atoms with Crippen molar-refractivity contribution in [1.29, 1.82) is 0 Å². The molecular weight excluding hydrogens is 126 g/mol. The summed E-state index contributed by atoms with van der Waals surface area (Å²) < 4.78 is 0. The van der Waals surface area contributed by atoms with Gasteiger partial charge in [-0.1, -0.05) is 6.58 Å². The van der Waals surface area contributed by atoms with E-state index in [1.54, 1.807) is 0 Å². The summed E-state index contributed by atoms with van der Waals surface area (Å²) in [5.74, 6) is 0. The predicted octanol–water partition coefficient (Wildman–Crippen LogP) is 0.677. The molecule has 1 saturated heterocycles. The Kier molecular flexibility index (Phi) is 2.11. The van der Waals surface area contributed by atoms with Crippen LogP contribution in [0.4, 0.5) is 0 Å². The average molecular weight is 141 g/mol. The molecular formula is C8H15NO. The number of hydrogen-bond donors (Lipinski definition) is 2. The van der Waals surface area contributed by atoms with Crippen molar-refractivity contribution in [1.82, 2.24) is 5.32 Å². The Hall–Kier alpha value is -0.340. The Labute approximate surface area is 61.9 Å². The van der Waals surface area contributed by atoms with E-state index in [4.69, 9.17) is 0 Å². The van der Waals surface area contributed by atoms with Crippen LogP contribution in [0, 0.1) is 0 Å². The van der Waals surface area contributed by atoms with Gasteiger partial charge in [0.1, 0.15) is 0 Å². The highest BCUT2D eigenvalue weighted by molar-refractivity contribution is 5.11. The van der Waals surface area contributed by atoms with Crippen LogP contribution in [0.5, 0.6) is 0 Å². The maximum Gasteiger partial charge on any atom is 0.0975 e. The zero-order valence-electron chi connectivity index (χ0n) is 6.48. The molecule has 0 amide bonds. The van der Waals surface area contributed by atoms with Gasteiger partial charge in [-0.05, 0) is 31.9 Å². The Morgan fingerprint density at radius 2 is 2.40 bits per heavy atom. The van der Waals surface area contributed by atoms with Crippen molar-refractivity contribution in [2.75, 3.05) is 13.1 Å². The largest absolute Gasteiger partial charge is 0.384 e. The molecule has 0 aromatic carbocycles. The number of nitrogens with one attached hydrogen (secondary N) is 1. The molecule has 2 nitrogen and oxygen atoms in total. The van der Waals surface area contributed by atoms with Crippen LogP contribution in [0.25, 0.3) is 0 Å². The monoisotopic (exact) mass is 141 g/mol. The Morgan fingerprint density at radius 3 is 2.70 bits per heavy atom. The van der Waals surface area contributed by atoms with Crippen molar-refractivity contribution in [2.45, 2.75) is 25.4 Å². The molecule has 1 aliphatic heterocycles. The fourth-order valence-corrected chi connectivity index (χ4v) is 1.25. The van der Waals surface area contributed by atoms with Crippen molar-refractivity contribution in [2.24, 2.45) is 0 Å². The highest BCUT2D eigenvalue weighted by Gasteiger charge is 2.29. The van der Waals surface area contributed by atoms with Crippen LogP contribution in [0.2, 0.25) is 0 Å². The molecule has 58 valence electrons. The summed E-state index contributed by atoms with van der Waals surface area (Å²) in [5, 5.41) is 12.9. The molecule has 0 saturated carbocycles. The first-order chi connectivity index (χ1) is 4.65. The number of hydrogen-bond acceptors (Lipinski definition) is 2. The molecule has 1 rings (SSSR count). The first-order valence-corrected chi connectivity index (χ1v) is 3.74. The molecule has 0 bridgehead atoms. The average Bonchev–Trinajstić information content (AvgIpc) is 1.89. The minimum absolute atomic E-state index is 0.627. The van der Waals surface area contributed by atoms with Gasteiger partial charge in [0, 0.05) is 6.54 Å². The van der Waals surface area contributed by atoms with Gasteiger partial charge in [0.05, 0.1) is 5.60 Å². The Morgan fingerprint density at radius 1 is 1.70 bits per heavy atom. The smallest absolute Gasteiger partial charge is 0.0975 e. The molecule has 0 aromatic heterocycles. The fraction of sp³-hybridized carbons (Fsp3) is 0.750. The predicted molar refractivity (Wildman–Crippen MR) is 41.9 cm³/mol. The summed E-state index contributed by atoms with van der Waals surface area (Å²) in [6, 6.07) is 0. The standard InChI is InChI=1S/C8H15NO/c1-7(2)8(10)4-3-5-9-6-8/h9-10H,1,3-6H2,2H3. The molecule has 10 heavy (non-hydrogen) atoms. The van der Waals surface area contributed by atoms with Crippen LogP contribution in [-0.2, 0) is 0 Å². The van der Waals surface area contributed by atoms with Crippen molar-refractivity contribution in [3.05, 3.63) is 12.2 Å². The van der Waals surface area contributed by atoms with E-state index in [-0.39, 0.29) is 0 Å². The van der Waals surface area contributed by atoms with E-state index < -0.39 is 5.60 Å². The van der Waals surface area contributed by atoms with Crippen LogP contribution in [-0.4, -0.2) is 23.8 Å². The molecule has 1 aliphatic rings. The summed E-state index contributed by atoms with van der Waals surface area (Å²) >= 11 is 0. The van der Waals surface area contributed by atoms with Crippen LogP contribution >= 0.6 is 0 Å². The SMILES string of the molecule is C=C(C)C1(O)CCCNC1. The van der Waals surface area contributed by atoms with Crippen molar-refractivity contribution >= 4 is 0 Å². The van der Waals surface area contributed by atoms with Crippen molar-refractivity contribution in [3.63, 3.8) is 0 Å². The fourth-order valence-electron chi connectivity index (χ4n) is 1.25. The molecule has 1 fully saturated rings. The lowest BCUT2D eigenvalue weighted by Crippen LogP contribution is -2.46. The third-order valence-corrected chi connectivity index (χ3v) is 2.16. The molecule has 2 heteroatoms. The number of aliphatic hydroxyl groups is 1. The summed E-state index contributed by atoms with van der Waals surface area (Å²) in [4.78, 5) is 0. The van der Waals surface area contributed by atoms with Gasteiger partial charge in [0.2, 0.25) is 0 Å². The minimum Gasteiger partial charge on any atom is -0.384 e. The topological polar surface area (TPSA) is 32.3 Å². The number of rotatable bonds is 1. The third-order valence-electron chi connectivity index (χ3n) is 2.16. The molecule has 1 heterocycles. The second-order valence-electron chi connectivity index (χ2n) is 3.09. The van der Waals surface area contributed by atoms with E-state index in [1.165, 1.54) is 0 Å². The first-order valence-electron chi connectivity index (χ1n) is 3.74. The molecule has 0 spiro atoms. The molecule has 0 radical (unpaired) electrons. The van der Waals surface area contributed by atoms with Gasteiger partial charge < -0.3 is 10.4 Å². The molecule has 0 aliphatic carbocycles. The van der Waals surface area contributed by atoms with Crippen molar-refractivity contribution in [3.8, 4) is 0 Å². The highest BCUT2D eigenvalue weighted by Crippen LogP contribution is 2.22. The van der Waals surface area contributed by atoms with Gasteiger partial charge in [-0.2, -0.15) is 0 Å². The number of β-amino-alcohol motifs (C(OH)–C–C–N with tert-alkyl or cyclic N) is 1. The minimum atomic E-state index is -0.627. The lowest BCUT2D eigenvalue weighted by atomic mass is 9.88. The maximum absolute atomic E-state index is 9.79. The van der Waals surface area contributed by atoms with Gasteiger partial charge >= 0.3 is 0 Å². The van der Waals surface area contributed by atoms with Crippen molar-refractivity contribution < 1.29 is 5.11 Å². The molecule has 1 unspecified atom stereocenters.